The molecule has 0 aliphatic carbocycles. The van der Waals surface area contributed by atoms with Gasteiger partial charge in [0.05, 0.1) is 5.52 Å². The third kappa shape index (κ3) is 1.38. The van der Waals surface area contributed by atoms with Crippen LogP contribution in [0.3, 0.4) is 0 Å². The molecule has 0 aliphatic rings. The Morgan fingerprint density at radius 2 is 1.92 bits per heavy atom. The van der Waals surface area contributed by atoms with E-state index in [9.17, 15) is 4.39 Å². The molecule has 0 amide bonds. The van der Waals surface area contributed by atoms with E-state index in [-0.39, 0.29) is 18.2 Å². The van der Waals surface area contributed by atoms with E-state index in [1.54, 1.807) is 30.5 Å². The van der Waals surface area contributed by atoms with Gasteiger partial charge in [-0.1, -0.05) is 6.07 Å². The fourth-order valence-electron chi connectivity index (χ4n) is 1.07. The molecule has 1 heterocycles. The van der Waals surface area contributed by atoms with Gasteiger partial charge in [-0.3, -0.25) is 4.98 Å². The molecule has 1 aromatic heterocycles. The summed E-state index contributed by atoms with van der Waals surface area (Å²) in [7, 11) is 0. The van der Waals surface area contributed by atoms with Gasteiger partial charge >= 0.3 is 0 Å². The fourth-order valence-corrected chi connectivity index (χ4v) is 1.07. The van der Waals surface area contributed by atoms with E-state index in [0.29, 0.717) is 10.9 Å². The smallest absolute Gasteiger partial charge is 0.132 e. The van der Waals surface area contributed by atoms with Gasteiger partial charge in [-0.05, 0) is 24.3 Å². The van der Waals surface area contributed by atoms with Gasteiger partial charge in [0.15, 0.2) is 0 Å². The van der Waals surface area contributed by atoms with Crippen molar-refractivity contribution in [1.29, 1.82) is 0 Å². The maximum Gasteiger partial charge on any atom is 0.132 e. The predicted molar refractivity (Wildman–Crippen MR) is 48.9 cm³/mol. The van der Waals surface area contributed by atoms with E-state index in [0.717, 1.165) is 0 Å². The van der Waals surface area contributed by atoms with Crippen LogP contribution in [0.2, 0.25) is 0 Å². The number of rotatable bonds is 0. The third-order valence-corrected chi connectivity index (χ3v) is 1.59. The zero-order valence-corrected chi connectivity index (χ0v) is 7.01. The second-order valence-corrected chi connectivity index (χ2v) is 2.31. The molecule has 0 saturated carbocycles. The molecule has 2 aromatic rings. The Balaban J connectivity index is 0.000000720. The monoisotopic (exact) mass is 183 g/mol. The molecule has 12 heavy (non-hydrogen) atoms. The van der Waals surface area contributed by atoms with Gasteiger partial charge in [-0.15, -0.1) is 12.4 Å². The second kappa shape index (κ2) is 3.50. The van der Waals surface area contributed by atoms with Crippen molar-refractivity contribution in [3.05, 3.63) is 42.3 Å². The molecule has 1 aromatic carbocycles. The molecule has 0 spiro atoms. The molecule has 62 valence electrons. The summed E-state index contributed by atoms with van der Waals surface area (Å²) in [5.74, 6) is -0.212. The van der Waals surface area contributed by atoms with E-state index in [1.807, 2.05) is 0 Å². The molecule has 3 heteroatoms. The Morgan fingerprint density at radius 3 is 2.67 bits per heavy atom. The lowest BCUT2D eigenvalue weighted by molar-refractivity contribution is 0.639. The summed E-state index contributed by atoms with van der Waals surface area (Å²) in [4.78, 5) is 4.00. The molecule has 0 radical (unpaired) electrons. The van der Waals surface area contributed by atoms with Crippen molar-refractivity contribution in [3.8, 4) is 0 Å². The van der Waals surface area contributed by atoms with Crippen LogP contribution in [0, 0.1) is 5.82 Å². The van der Waals surface area contributed by atoms with Gasteiger partial charge < -0.3 is 0 Å². The van der Waals surface area contributed by atoms with Gasteiger partial charge in [-0.2, -0.15) is 0 Å². The van der Waals surface area contributed by atoms with Gasteiger partial charge in [0.1, 0.15) is 5.82 Å². The largest absolute Gasteiger partial charge is 0.256 e. The SMILES string of the molecule is Cl.Fc1cccc2ncccc12. The first-order valence-electron chi connectivity index (χ1n) is 3.37. The summed E-state index contributed by atoms with van der Waals surface area (Å²) in [6, 6.07) is 8.33. The number of halogens is 2. The Hall–Kier alpha value is -1.15. The minimum atomic E-state index is -0.212. The van der Waals surface area contributed by atoms with Crippen LogP contribution in [0.15, 0.2) is 36.5 Å². The molecule has 1 nitrogen and oxygen atoms in total. The number of aromatic nitrogens is 1. The molecule has 0 unspecified atom stereocenters. The zero-order valence-electron chi connectivity index (χ0n) is 6.20. The van der Waals surface area contributed by atoms with Gasteiger partial charge in [0.25, 0.3) is 0 Å². The highest BCUT2D eigenvalue weighted by Gasteiger charge is 1.96. The maximum absolute atomic E-state index is 12.9. The van der Waals surface area contributed by atoms with Crippen LogP contribution in [-0.4, -0.2) is 4.98 Å². The Bertz CT molecular complexity index is 384. The van der Waals surface area contributed by atoms with Crippen LogP contribution in [0.1, 0.15) is 0 Å². The van der Waals surface area contributed by atoms with Crippen molar-refractivity contribution in [2.24, 2.45) is 0 Å². The predicted octanol–water partition coefficient (Wildman–Crippen LogP) is 2.80. The molecule has 0 saturated heterocycles. The molecular weight excluding hydrogens is 177 g/mol. The van der Waals surface area contributed by atoms with E-state index in [1.165, 1.54) is 6.07 Å². The summed E-state index contributed by atoms with van der Waals surface area (Å²) in [6.45, 7) is 0. The molecule has 0 fully saturated rings. The van der Waals surface area contributed by atoms with E-state index in [2.05, 4.69) is 4.98 Å². The van der Waals surface area contributed by atoms with Gasteiger partial charge in [-0.25, -0.2) is 4.39 Å². The summed E-state index contributed by atoms with van der Waals surface area (Å²) in [6.07, 6.45) is 1.65. The number of pyridine rings is 1. The lowest BCUT2D eigenvalue weighted by Gasteiger charge is -1.95. The van der Waals surface area contributed by atoms with E-state index < -0.39 is 0 Å². The fraction of sp³-hybridized carbons (Fsp3) is 0. The average molecular weight is 184 g/mol. The summed E-state index contributed by atoms with van der Waals surface area (Å²) in [5.41, 5.74) is 0.701. The highest BCUT2D eigenvalue weighted by Crippen LogP contribution is 2.13. The lowest BCUT2D eigenvalue weighted by atomic mass is 10.2. The topological polar surface area (TPSA) is 12.9 Å². The van der Waals surface area contributed by atoms with Crippen molar-refractivity contribution in [3.63, 3.8) is 0 Å². The first kappa shape index (κ1) is 8.94. The quantitative estimate of drug-likeness (QED) is 0.612. The number of fused-ring (bicyclic) bond motifs is 1. The van der Waals surface area contributed by atoms with Crippen LogP contribution in [-0.2, 0) is 0 Å². The lowest BCUT2D eigenvalue weighted by Crippen LogP contribution is -1.80. The van der Waals surface area contributed by atoms with Crippen LogP contribution >= 0.6 is 12.4 Å². The average Bonchev–Trinajstić information content (AvgIpc) is 2.06. The summed E-state index contributed by atoms with van der Waals surface area (Å²) < 4.78 is 12.9. The minimum Gasteiger partial charge on any atom is -0.256 e. The molecule has 0 N–H and O–H groups in total. The van der Waals surface area contributed by atoms with Crippen molar-refractivity contribution in [2.45, 2.75) is 0 Å². The normalized spacial score (nSPS) is 9.42. The highest BCUT2D eigenvalue weighted by molar-refractivity contribution is 5.85. The molecule has 0 atom stereocenters. The highest BCUT2D eigenvalue weighted by atomic mass is 35.5. The van der Waals surface area contributed by atoms with Crippen LogP contribution < -0.4 is 0 Å². The standard InChI is InChI=1S/C9H6FN.ClH/c10-8-4-1-5-9-7(8)3-2-6-11-9;/h1-6H;1H. The molecule has 0 aliphatic heterocycles. The third-order valence-electron chi connectivity index (χ3n) is 1.59. The molecule has 2 rings (SSSR count). The van der Waals surface area contributed by atoms with Gasteiger partial charge in [0, 0.05) is 11.6 Å². The molecule has 0 bridgehead atoms. The second-order valence-electron chi connectivity index (χ2n) is 2.31. The van der Waals surface area contributed by atoms with E-state index >= 15 is 0 Å². The van der Waals surface area contributed by atoms with Crippen molar-refractivity contribution in [1.82, 2.24) is 4.98 Å². The summed E-state index contributed by atoms with van der Waals surface area (Å²) >= 11 is 0. The minimum absolute atomic E-state index is 0. The first-order valence-corrected chi connectivity index (χ1v) is 3.37. The van der Waals surface area contributed by atoms with Crippen LogP contribution in [0.4, 0.5) is 4.39 Å². The number of benzene rings is 1. The maximum atomic E-state index is 12.9. The van der Waals surface area contributed by atoms with Crippen molar-refractivity contribution >= 4 is 23.3 Å². The number of hydrogen-bond donors (Lipinski definition) is 0. The van der Waals surface area contributed by atoms with Crippen LogP contribution in [0.25, 0.3) is 10.9 Å². The first-order chi connectivity index (χ1) is 5.38. The Kier molecular flexibility index (Phi) is 2.61. The van der Waals surface area contributed by atoms with Crippen molar-refractivity contribution < 1.29 is 4.39 Å². The van der Waals surface area contributed by atoms with E-state index in [4.69, 9.17) is 0 Å². The van der Waals surface area contributed by atoms with Crippen molar-refractivity contribution in [2.75, 3.05) is 0 Å². The Labute approximate surface area is 75.7 Å². The number of nitrogens with zero attached hydrogens (tertiary/aromatic N) is 1. The molecular formula is C9H7ClFN. The zero-order chi connectivity index (χ0) is 7.68. The Morgan fingerprint density at radius 1 is 1.08 bits per heavy atom. The number of hydrogen-bond acceptors (Lipinski definition) is 1. The summed E-state index contributed by atoms with van der Waals surface area (Å²) in [5, 5.41) is 0.579. The van der Waals surface area contributed by atoms with Crippen LogP contribution in [0.5, 0.6) is 0 Å². The van der Waals surface area contributed by atoms with Gasteiger partial charge in [0.2, 0.25) is 0 Å².